The van der Waals surface area contributed by atoms with Crippen molar-refractivity contribution in [3.05, 3.63) is 75.7 Å². The van der Waals surface area contributed by atoms with E-state index in [1.54, 1.807) is 36.4 Å². The molecule has 0 amide bonds. The first kappa shape index (κ1) is 29.5. The van der Waals surface area contributed by atoms with Gasteiger partial charge in [-0.3, -0.25) is 10.1 Å². The summed E-state index contributed by atoms with van der Waals surface area (Å²) in [6, 6.07) is 8.09. The third-order valence-corrected chi connectivity index (χ3v) is 7.40. The van der Waals surface area contributed by atoms with Crippen LogP contribution in [-0.2, 0) is 23.1 Å². The van der Waals surface area contributed by atoms with Crippen molar-refractivity contribution >= 4 is 11.5 Å². The molecule has 42 heavy (non-hydrogen) atoms. The zero-order chi connectivity index (χ0) is 30.1. The molecule has 15 heteroatoms. The van der Waals surface area contributed by atoms with E-state index in [9.17, 15) is 36.5 Å². The molecule has 2 aromatic heterocycles. The minimum absolute atomic E-state index is 0.0541. The molecule has 1 saturated carbocycles. The number of pyridine rings is 1. The molecule has 1 unspecified atom stereocenters. The molecule has 1 atom stereocenters. The van der Waals surface area contributed by atoms with E-state index < -0.39 is 70.4 Å². The summed E-state index contributed by atoms with van der Waals surface area (Å²) in [5, 5.41) is 19.1. The predicted octanol–water partition coefficient (Wildman–Crippen LogP) is 7.13. The Bertz CT molecular complexity index is 1460. The second kappa shape index (κ2) is 11.3. The van der Waals surface area contributed by atoms with Crippen molar-refractivity contribution in [2.75, 3.05) is 11.4 Å². The Morgan fingerprint density at radius 1 is 1.07 bits per heavy atom. The molecule has 4 bridgehead atoms. The number of aromatic nitrogens is 3. The van der Waals surface area contributed by atoms with Crippen LogP contribution in [0.1, 0.15) is 55.5 Å². The summed E-state index contributed by atoms with van der Waals surface area (Å²) in [5.74, 6) is -2.45. The molecule has 0 radical (unpaired) electrons. The Hall–Kier alpha value is -4.01. The van der Waals surface area contributed by atoms with Crippen molar-refractivity contribution in [1.29, 1.82) is 0 Å². The quantitative estimate of drug-likeness (QED) is 0.132. The number of hydrogen-bond donors (Lipinski definition) is 0. The smallest absolute Gasteiger partial charge is 0.415 e. The van der Waals surface area contributed by atoms with E-state index in [0.717, 1.165) is 6.42 Å². The maximum Gasteiger partial charge on any atom is 0.426 e. The monoisotopic (exact) mass is 597 g/mol. The normalized spacial score (nSPS) is 21.0. The van der Waals surface area contributed by atoms with Crippen LogP contribution in [-0.4, -0.2) is 38.9 Å². The number of fused-ring (bicyclic) bond motifs is 5. The zero-order valence-corrected chi connectivity index (χ0v) is 22.0. The Balaban J connectivity index is 1.69. The molecule has 1 aliphatic heterocycles. The molecule has 3 aromatic rings. The van der Waals surface area contributed by atoms with Crippen LogP contribution >= 0.6 is 0 Å². The summed E-state index contributed by atoms with van der Waals surface area (Å²) < 4.78 is 97.9. The maximum absolute atomic E-state index is 14.8. The van der Waals surface area contributed by atoms with E-state index in [1.807, 2.05) is 0 Å². The van der Waals surface area contributed by atoms with Gasteiger partial charge in [-0.1, -0.05) is 42.5 Å². The molecule has 5 rings (SSSR count). The van der Waals surface area contributed by atoms with Crippen molar-refractivity contribution in [1.82, 2.24) is 15.2 Å². The highest BCUT2D eigenvalue weighted by Crippen LogP contribution is 2.48. The molecule has 3 heterocycles. The van der Waals surface area contributed by atoms with Gasteiger partial charge in [-0.05, 0) is 44.1 Å². The average molecular weight is 598 g/mol. The fourth-order valence-corrected chi connectivity index (χ4v) is 4.96. The lowest BCUT2D eigenvalue weighted by Gasteiger charge is -2.39. The van der Waals surface area contributed by atoms with Gasteiger partial charge in [0.25, 0.3) is 11.8 Å². The number of nitrogens with zero attached hydrogens (tertiary/aromatic N) is 5. The van der Waals surface area contributed by atoms with Gasteiger partial charge in [0.15, 0.2) is 0 Å². The molecule has 9 nitrogen and oxygen atoms in total. The highest BCUT2D eigenvalue weighted by molar-refractivity contribution is 5.68. The van der Waals surface area contributed by atoms with Crippen LogP contribution in [0.25, 0.3) is 11.6 Å². The summed E-state index contributed by atoms with van der Waals surface area (Å²) in [6.07, 6.45) is -5.67. The Kier molecular flexibility index (Phi) is 7.96. The molecule has 224 valence electrons. The van der Waals surface area contributed by atoms with Gasteiger partial charge in [0, 0.05) is 18.7 Å². The van der Waals surface area contributed by atoms with E-state index in [-0.39, 0.29) is 25.4 Å². The molecule has 1 aromatic carbocycles. The van der Waals surface area contributed by atoms with Crippen LogP contribution in [0, 0.1) is 10.1 Å². The number of alkyl halides is 6. The van der Waals surface area contributed by atoms with Gasteiger partial charge in [-0.15, -0.1) is 10.2 Å². The number of nitro groups is 1. The minimum atomic E-state index is -5.08. The first-order chi connectivity index (χ1) is 19.9. The van der Waals surface area contributed by atoms with Crippen LogP contribution in [0.3, 0.4) is 0 Å². The van der Waals surface area contributed by atoms with E-state index in [1.165, 1.54) is 11.0 Å². The third-order valence-electron chi connectivity index (χ3n) is 7.40. The summed E-state index contributed by atoms with van der Waals surface area (Å²) in [4.78, 5) is 16.2. The lowest BCUT2D eigenvalue weighted by molar-refractivity contribution is -0.384. The van der Waals surface area contributed by atoms with E-state index >= 15 is 0 Å². The van der Waals surface area contributed by atoms with Crippen LogP contribution in [0.15, 0.2) is 53.0 Å². The van der Waals surface area contributed by atoms with E-state index in [0.29, 0.717) is 24.5 Å². The van der Waals surface area contributed by atoms with Gasteiger partial charge in [0.1, 0.15) is 11.4 Å². The lowest BCUT2D eigenvalue weighted by atomic mass is 9.90. The van der Waals surface area contributed by atoms with Crippen molar-refractivity contribution in [2.45, 2.75) is 69.1 Å². The van der Waals surface area contributed by atoms with Crippen molar-refractivity contribution in [3.63, 3.8) is 0 Å². The number of allylic oxidation sites excluding steroid dienone is 1. The Morgan fingerprint density at radius 2 is 1.79 bits per heavy atom. The predicted molar refractivity (Wildman–Crippen MR) is 136 cm³/mol. The maximum atomic E-state index is 14.8. The van der Waals surface area contributed by atoms with Gasteiger partial charge in [-0.2, -0.15) is 26.3 Å². The van der Waals surface area contributed by atoms with Crippen LogP contribution in [0.2, 0.25) is 0 Å². The summed E-state index contributed by atoms with van der Waals surface area (Å²) >= 11 is 0. The minimum Gasteiger partial charge on any atom is -0.415 e. The molecule has 0 spiro atoms. The largest absolute Gasteiger partial charge is 0.426 e. The van der Waals surface area contributed by atoms with E-state index in [2.05, 4.69) is 15.2 Å². The highest BCUT2D eigenvalue weighted by Gasteiger charge is 2.61. The number of hydrogen-bond acceptors (Lipinski definition) is 8. The van der Waals surface area contributed by atoms with Gasteiger partial charge < -0.3 is 14.1 Å². The van der Waals surface area contributed by atoms with E-state index in [4.69, 9.17) is 9.15 Å². The first-order valence-electron chi connectivity index (χ1n) is 13.2. The molecular weight excluding hydrogens is 572 g/mol. The standard InChI is InChI=1S/C27H25F6N5O4/c28-26(29,30)19-15-20(38(39)40)21-23-35-36-24(42-23)25(27(31,32)33,41-16-17-9-4-3-5-10-17)13-6-1-2-7-14-37(22(19)34-21)18-11-8-12-18/h1-5,9-10,15,18H,6-8,11-14,16H2/b2-1-. The zero-order valence-electron chi connectivity index (χ0n) is 22.0. The molecule has 1 aliphatic carbocycles. The molecule has 0 saturated heterocycles. The summed E-state index contributed by atoms with van der Waals surface area (Å²) in [7, 11) is 0. The van der Waals surface area contributed by atoms with Gasteiger partial charge in [-0.25, -0.2) is 4.98 Å². The van der Waals surface area contributed by atoms with Crippen molar-refractivity contribution in [3.8, 4) is 11.6 Å². The molecular formula is C27H25F6N5O4. The summed E-state index contributed by atoms with van der Waals surface area (Å²) in [5.41, 5.74) is -5.93. The number of benzene rings is 1. The molecule has 0 N–H and O–H groups in total. The first-order valence-corrected chi connectivity index (χ1v) is 13.2. The second-order valence-corrected chi connectivity index (χ2v) is 10.1. The number of rotatable bonds is 5. The Morgan fingerprint density at radius 3 is 2.40 bits per heavy atom. The number of anilines is 1. The van der Waals surface area contributed by atoms with Crippen LogP contribution in [0.5, 0.6) is 0 Å². The number of halogens is 6. The van der Waals surface area contributed by atoms with Gasteiger partial charge in [0.2, 0.25) is 11.3 Å². The molecule has 1 fully saturated rings. The van der Waals surface area contributed by atoms with Crippen LogP contribution < -0.4 is 4.90 Å². The summed E-state index contributed by atoms with van der Waals surface area (Å²) in [6.45, 7) is -0.431. The topological polar surface area (TPSA) is 107 Å². The van der Waals surface area contributed by atoms with Crippen LogP contribution in [0.4, 0.5) is 37.8 Å². The fourth-order valence-electron chi connectivity index (χ4n) is 4.96. The second-order valence-electron chi connectivity index (χ2n) is 10.1. The van der Waals surface area contributed by atoms with Gasteiger partial charge >= 0.3 is 18.0 Å². The average Bonchev–Trinajstić information content (AvgIpc) is 3.39. The third kappa shape index (κ3) is 5.69. The SMILES string of the molecule is O=[N+]([O-])c1cc(C(F)(F)F)c2nc1-c1nnc(o1)C(OCc1ccccc1)(C(F)(F)F)CC/C=C\CCN2C1CCC1. The lowest BCUT2D eigenvalue weighted by Crippen LogP contribution is -2.45. The van der Waals surface area contributed by atoms with Crippen molar-refractivity contribution in [2.24, 2.45) is 0 Å². The highest BCUT2D eigenvalue weighted by atomic mass is 19.4. The fraction of sp³-hybridized carbons (Fsp3) is 0.444. The number of ether oxygens (including phenoxy) is 1. The van der Waals surface area contributed by atoms with Crippen molar-refractivity contribution < 1.29 is 40.4 Å². The Labute approximate surface area is 235 Å². The molecule has 2 aliphatic rings. The van der Waals surface area contributed by atoms with Gasteiger partial charge in [0.05, 0.1) is 11.5 Å².